The lowest BCUT2D eigenvalue weighted by Crippen LogP contribution is -2.17. The zero-order valence-electron chi connectivity index (χ0n) is 15.2. The first-order valence-corrected chi connectivity index (χ1v) is 8.99. The second kappa shape index (κ2) is 7.83. The second-order valence-corrected chi connectivity index (χ2v) is 6.66. The molecule has 5 heteroatoms. The molecule has 1 heterocycles. The summed E-state index contributed by atoms with van der Waals surface area (Å²) in [6, 6.07) is 11.3. The number of aryl methyl sites for hydroxylation is 1. The molecule has 3 rings (SSSR count). The van der Waals surface area contributed by atoms with Gasteiger partial charge in [-0.15, -0.1) is 0 Å². The first-order valence-electron chi connectivity index (χ1n) is 8.61. The van der Waals surface area contributed by atoms with Crippen molar-refractivity contribution in [2.45, 2.75) is 26.2 Å². The van der Waals surface area contributed by atoms with Crippen LogP contribution in [0.5, 0.6) is 11.5 Å². The van der Waals surface area contributed by atoms with E-state index in [9.17, 15) is 4.79 Å². The minimum Gasteiger partial charge on any atom is -0.497 e. The molecule has 3 aromatic rings. The van der Waals surface area contributed by atoms with E-state index in [1.54, 1.807) is 14.2 Å². The van der Waals surface area contributed by atoms with Gasteiger partial charge in [-0.05, 0) is 29.7 Å². The first kappa shape index (κ1) is 18.3. The van der Waals surface area contributed by atoms with Crippen molar-refractivity contribution in [2.75, 3.05) is 14.2 Å². The number of nitrogens with one attached hydrogen (secondary N) is 1. The maximum atomic E-state index is 12.8. The molecule has 0 unspecified atom stereocenters. The lowest BCUT2D eigenvalue weighted by molar-refractivity contribution is 0.397. The number of methoxy groups -OCH3 is 2. The van der Waals surface area contributed by atoms with Crippen LogP contribution in [0, 0.1) is 0 Å². The number of pyridine rings is 1. The maximum absolute atomic E-state index is 12.8. The molecule has 0 aliphatic carbocycles. The number of halogens is 1. The van der Waals surface area contributed by atoms with Crippen molar-refractivity contribution in [1.82, 2.24) is 4.98 Å². The highest BCUT2D eigenvalue weighted by Gasteiger charge is 2.17. The number of aromatic nitrogens is 1. The Morgan fingerprint density at radius 1 is 1.08 bits per heavy atom. The summed E-state index contributed by atoms with van der Waals surface area (Å²) in [7, 11) is 3.23. The normalized spacial score (nSPS) is 10.9. The molecule has 0 fully saturated rings. The molecule has 2 aromatic carbocycles. The Kier molecular flexibility index (Phi) is 5.52. The van der Waals surface area contributed by atoms with Crippen molar-refractivity contribution < 1.29 is 9.47 Å². The fraction of sp³-hybridized carbons (Fsp3) is 0.286. The van der Waals surface area contributed by atoms with Gasteiger partial charge in [0, 0.05) is 34.5 Å². The highest BCUT2D eigenvalue weighted by molar-refractivity contribution is 6.30. The monoisotopic (exact) mass is 371 g/mol. The molecule has 1 N–H and O–H groups in total. The standard InChI is InChI=1S/C21H22ClNO3/c1-4-6-16-17(10-13-7-5-8-14(22)9-13)21(24)23-18-11-15(25-2)12-19(26-3)20(16)18/h5,7-9,11-12H,4,6,10H2,1-3H3,(H,23,24). The van der Waals surface area contributed by atoms with Crippen LogP contribution in [0.4, 0.5) is 0 Å². The van der Waals surface area contributed by atoms with E-state index < -0.39 is 0 Å². The summed E-state index contributed by atoms with van der Waals surface area (Å²) in [5.74, 6) is 1.35. The molecular formula is C21H22ClNO3. The molecule has 0 saturated carbocycles. The Morgan fingerprint density at radius 3 is 2.54 bits per heavy atom. The zero-order chi connectivity index (χ0) is 18.7. The average molecular weight is 372 g/mol. The summed E-state index contributed by atoms with van der Waals surface area (Å²) >= 11 is 6.11. The van der Waals surface area contributed by atoms with Crippen molar-refractivity contribution in [3.8, 4) is 11.5 Å². The summed E-state index contributed by atoms with van der Waals surface area (Å²) in [6.07, 6.45) is 2.24. The van der Waals surface area contributed by atoms with Crippen LogP contribution in [-0.4, -0.2) is 19.2 Å². The average Bonchev–Trinajstić information content (AvgIpc) is 2.63. The van der Waals surface area contributed by atoms with Gasteiger partial charge < -0.3 is 14.5 Å². The molecule has 0 bridgehead atoms. The Labute approximate surface area is 157 Å². The molecular weight excluding hydrogens is 350 g/mol. The smallest absolute Gasteiger partial charge is 0.252 e. The Bertz CT molecular complexity index is 994. The third-order valence-corrected chi connectivity index (χ3v) is 4.72. The van der Waals surface area contributed by atoms with E-state index in [4.69, 9.17) is 21.1 Å². The molecule has 26 heavy (non-hydrogen) atoms. The molecule has 0 aliphatic heterocycles. The lowest BCUT2D eigenvalue weighted by atomic mass is 9.94. The van der Waals surface area contributed by atoms with E-state index in [0.29, 0.717) is 22.9 Å². The van der Waals surface area contributed by atoms with Crippen molar-refractivity contribution in [3.63, 3.8) is 0 Å². The van der Waals surface area contributed by atoms with Crippen LogP contribution < -0.4 is 15.0 Å². The van der Waals surface area contributed by atoms with Crippen molar-refractivity contribution in [1.29, 1.82) is 0 Å². The molecule has 136 valence electrons. The highest BCUT2D eigenvalue weighted by Crippen LogP contribution is 2.34. The van der Waals surface area contributed by atoms with Gasteiger partial charge in [-0.25, -0.2) is 0 Å². The number of hydrogen-bond donors (Lipinski definition) is 1. The third-order valence-electron chi connectivity index (χ3n) is 4.49. The molecule has 0 atom stereocenters. The predicted octanol–water partition coefficient (Wildman–Crippen LogP) is 4.74. The molecule has 0 saturated heterocycles. The quantitative estimate of drug-likeness (QED) is 0.680. The number of aromatic amines is 1. The maximum Gasteiger partial charge on any atom is 0.252 e. The van der Waals surface area contributed by atoms with Crippen molar-refractivity contribution in [2.24, 2.45) is 0 Å². The molecule has 4 nitrogen and oxygen atoms in total. The summed E-state index contributed by atoms with van der Waals surface area (Å²) in [6.45, 7) is 2.10. The molecule has 0 spiro atoms. The van der Waals surface area contributed by atoms with E-state index >= 15 is 0 Å². The summed E-state index contributed by atoms with van der Waals surface area (Å²) in [5, 5.41) is 1.60. The van der Waals surface area contributed by atoms with E-state index in [2.05, 4.69) is 11.9 Å². The molecule has 0 amide bonds. The highest BCUT2D eigenvalue weighted by atomic mass is 35.5. The largest absolute Gasteiger partial charge is 0.497 e. The van der Waals surface area contributed by atoms with Crippen LogP contribution in [0.2, 0.25) is 5.02 Å². The van der Waals surface area contributed by atoms with Crippen molar-refractivity contribution in [3.05, 3.63) is 68.5 Å². The van der Waals surface area contributed by atoms with E-state index in [-0.39, 0.29) is 5.56 Å². The molecule has 0 aliphatic rings. The van der Waals surface area contributed by atoms with Crippen LogP contribution in [0.15, 0.2) is 41.2 Å². The van der Waals surface area contributed by atoms with Crippen LogP contribution in [-0.2, 0) is 12.8 Å². The number of rotatable bonds is 6. The topological polar surface area (TPSA) is 51.3 Å². The Hall–Kier alpha value is -2.46. The fourth-order valence-corrected chi connectivity index (χ4v) is 3.54. The first-order chi connectivity index (χ1) is 12.6. The van der Waals surface area contributed by atoms with Crippen LogP contribution in [0.25, 0.3) is 10.9 Å². The minimum absolute atomic E-state index is 0.0868. The predicted molar refractivity (Wildman–Crippen MR) is 106 cm³/mol. The van der Waals surface area contributed by atoms with Gasteiger partial charge in [-0.2, -0.15) is 0 Å². The second-order valence-electron chi connectivity index (χ2n) is 6.22. The lowest BCUT2D eigenvalue weighted by Gasteiger charge is -2.16. The summed E-state index contributed by atoms with van der Waals surface area (Å²) in [5.41, 5.74) is 3.42. The number of ether oxygens (including phenoxy) is 2. The van der Waals surface area contributed by atoms with Gasteiger partial charge in [0.05, 0.1) is 19.7 Å². The van der Waals surface area contributed by atoms with E-state index in [0.717, 1.165) is 40.4 Å². The number of H-pyrrole nitrogens is 1. The van der Waals surface area contributed by atoms with Gasteiger partial charge in [0.15, 0.2) is 0 Å². The summed E-state index contributed by atoms with van der Waals surface area (Å²) < 4.78 is 10.9. The Balaban J connectivity index is 2.26. The SMILES string of the molecule is CCCc1c(Cc2cccc(Cl)c2)c(=O)[nH]c2cc(OC)cc(OC)c12. The van der Waals surface area contributed by atoms with Gasteiger partial charge >= 0.3 is 0 Å². The zero-order valence-corrected chi connectivity index (χ0v) is 15.9. The van der Waals surface area contributed by atoms with Gasteiger partial charge in [0.2, 0.25) is 0 Å². The summed E-state index contributed by atoms with van der Waals surface area (Å²) in [4.78, 5) is 15.8. The molecule has 0 radical (unpaired) electrons. The fourth-order valence-electron chi connectivity index (χ4n) is 3.33. The number of benzene rings is 2. The Morgan fingerprint density at radius 2 is 1.88 bits per heavy atom. The van der Waals surface area contributed by atoms with Crippen LogP contribution in [0.1, 0.15) is 30.0 Å². The molecule has 1 aromatic heterocycles. The number of fused-ring (bicyclic) bond motifs is 1. The van der Waals surface area contributed by atoms with Crippen molar-refractivity contribution >= 4 is 22.5 Å². The van der Waals surface area contributed by atoms with E-state index in [1.165, 1.54) is 0 Å². The third kappa shape index (κ3) is 3.56. The van der Waals surface area contributed by atoms with Gasteiger partial charge in [0.1, 0.15) is 11.5 Å². The van der Waals surface area contributed by atoms with Gasteiger partial charge in [0.25, 0.3) is 5.56 Å². The minimum atomic E-state index is -0.0868. The number of hydrogen-bond acceptors (Lipinski definition) is 3. The van der Waals surface area contributed by atoms with E-state index in [1.807, 2.05) is 36.4 Å². The van der Waals surface area contributed by atoms with Crippen LogP contribution >= 0.6 is 11.6 Å². The van der Waals surface area contributed by atoms with Crippen LogP contribution in [0.3, 0.4) is 0 Å². The van der Waals surface area contributed by atoms with Gasteiger partial charge in [-0.3, -0.25) is 4.79 Å². The van der Waals surface area contributed by atoms with Gasteiger partial charge in [-0.1, -0.05) is 37.1 Å².